The molecule has 0 saturated heterocycles. The Balaban J connectivity index is 1.57. The zero-order valence-electron chi connectivity index (χ0n) is 17.9. The standard InChI is InChI=1S/C24H26N2O5/c1-15(2)19-13-20-17(12-23(28)31-21(20)11-16(19)3)14-30-22(27)9-10-25-24(29)26-18-7-5-4-6-8-18/h4-8,11-13,15H,9-10,14H2,1-3H3,(H2,25,26,29). The summed E-state index contributed by atoms with van der Waals surface area (Å²) in [5.74, 6) is -0.169. The summed E-state index contributed by atoms with van der Waals surface area (Å²) < 4.78 is 10.6. The van der Waals surface area contributed by atoms with Gasteiger partial charge in [-0.05, 0) is 48.2 Å². The molecule has 31 heavy (non-hydrogen) atoms. The van der Waals surface area contributed by atoms with Crippen LogP contribution in [-0.2, 0) is 16.1 Å². The van der Waals surface area contributed by atoms with Gasteiger partial charge in [-0.25, -0.2) is 9.59 Å². The number of para-hydroxylation sites is 1. The lowest BCUT2D eigenvalue weighted by Crippen LogP contribution is -2.30. The molecule has 0 spiro atoms. The normalized spacial score (nSPS) is 10.8. The highest BCUT2D eigenvalue weighted by molar-refractivity contribution is 5.89. The Morgan fingerprint density at radius 3 is 2.55 bits per heavy atom. The molecule has 1 aromatic heterocycles. The maximum Gasteiger partial charge on any atom is 0.336 e. The lowest BCUT2D eigenvalue weighted by Gasteiger charge is -2.13. The van der Waals surface area contributed by atoms with Crippen molar-refractivity contribution >= 4 is 28.7 Å². The van der Waals surface area contributed by atoms with Gasteiger partial charge in [-0.15, -0.1) is 0 Å². The number of fused-ring (bicyclic) bond motifs is 1. The molecule has 0 fully saturated rings. The van der Waals surface area contributed by atoms with Crippen molar-refractivity contribution in [3.63, 3.8) is 0 Å². The molecule has 1 heterocycles. The molecule has 0 aliphatic carbocycles. The van der Waals surface area contributed by atoms with E-state index in [-0.39, 0.29) is 19.6 Å². The van der Waals surface area contributed by atoms with Gasteiger partial charge < -0.3 is 19.8 Å². The van der Waals surface area contributed by atoms with E-state index in [2.05, 4.69) is 24.5 Å². The number of ether oxygens (including phenoxy) is 1. The lowest BCUT2D eigenvalue weighted by atomic mass is 9.95. The number of esters is 1. The van der Waals surface area contributed by atoms with E-state index in [0.29, 0.717) is 22.8 Å². The van der Waals surface area contributed by atoms with Gasteiger partial charge in [0, 0.05) is 29.2 Å². The summed E-state index contributed by atoms with van der Waals surface area (Å²) in [6, 6.07) is 13.8. The van der Waals surface area contributed by atoms with Crippen LogP contribution in [0.25, 0.3) is 11.0 Å². The smallest absolute Gasteiger partial charge is 0.336 e. The number of amides is 2. The Hall–Kier alpha value is -3.61. The SMILES string of the molecule is Cc1cc2oc(=O)cc(COC(=O)CCNC(=O)Nc3ccccc3)c2cc1C(C)C. The number of nitrogens with one attached hydrogen (secondary N) is 2. The van der Waals surface area contributed by atoms with Crippen molar-refractivity contribution in [3.8, 4) is 0 Å². The molecule has 2 amide bonds. The van der Waals surface area contributed by atoms with Crippen molar-refractivity contribution in [2.24, 2.45) is 0 Å². The molecule has 7 nitrogen and oxygen atoms in total. The fourth-order valence-corrected chi connectivity index (χ4v) is 3.34. The first-order valence-electron chi connectivity index (χ1n) is 10.2. The second kappa shape index (κ2) is 9.93. The molecule has 3 rings (SSSR count). The number of anilines is 1. The Morgan fingerprint density at radius 1 is 1.10 bits per heavy atom. The number of benzene rings is 2. The number of hydrogen-bond donors (Lipinski definition) is 2. The topological polar surface area (TPSA) is 97.6 Å². The van der Waals surface area contributed by atoms with E-state index in [1.165, 1.54) is 6.07 Å². The molecule has 0 saturated carbocycles. The van der Waals surface area contributed by atoms with Crippen molar-refractivity contribution in [1.82, 2.24) is 5.32 Å². The van der Waals surface area contributed by atoms with Gasteiger partial charge in [0.15, 0.2) is 0 Å². The molecule has 0 unspecified atom stereocenters. The zero-order chi connectivity index (χ0) is 22.4. The van der Waals surface area contributed by atoms with Gasteiger partial charge in [0.2, 0.25) is 0 Å². The number of carbonyl (C=O) groups is 2. The van der Waals surface area contributed by atoms with Crippen LogP contribution < -0.4 is 16.3 Å². The molecule has 0 atom stereocenters. The summed E-state index contributed by atoms with van der Waals surface area (Å²) in [7, 11) is 0. The largest absolute Gasteiger partial charge is 0.461 e. The first-order valence-corrected chi connectivity index (χ1v) is 10.2. The summed E-state index contributed by atoms with van der Waals surface area (Å²) in [6.07, 6.45) is 0.0118. The molecule has 3 aromatic rings. The van der Waals surface area contributed by atoms with Crippen LogP contribution in [0, 0.1) is 6.92 Å². The third kappa shape index (κ3) is 5.94. The van der Waals surface area contributed by atoms with Crippen LogP contribution in [0.2, 0.25) is 0 Å². The monoisotopic (exact) mass is 422 g/mol. The van der Waals surface area contributed by atoms with E-state index in [9.17, 15) is 14.4 Å². The second-order valence-corrected chi connectivity index (χ2v) is 7.61. The van der Waals surface area contributed by atoms with Gasteiger partial charge in [-0.3, -0.25) is 4.79 Å². The fourth-order valence-electron chi connectivity index (χ4n) is 3.34. The van der Waals surface area contributed by atoms with Gasteiger partial charge in [-0.1, -0.05) is 32.0 Å². The molecule has 2 aromatic carbocycles. The highest BCUT2D eigenvalue weighted by Crippen LogP contribution is 2.27. The number of carbonyl (C=O) groups excluding carboxylic acids is 2. The molecule has 2 N–H and O–H groups in total. The quantitative estimate of drug-likeness (QED) is 0.432. The van der Waals surface area contributed by atoms with Gasteiger partial charge in [0.1, 0.15) is 12.2 Å². The molecular formula is C24H26N2O5. The number of urea groups is 1. The molecular weight excluding hydrogens is 396 g/mol. The second-order valence-electron chi connectivity index (χ2n) is 7.61. The van der Waals surface area contributed by atoms with Crippen molar-refractivity contribution < 1.29 is 18.7 Å². The average Bonchev–Trinajstić information content (AvgIpc) is 2.71. The minimum atomic E-state index is -0.491. The predicted molar refractivity (Wildman–Crippen MR) is 119 cm³/mol. The van der Waals surface area contributed by atoms with Crippen LogP contribution in [0.5, 0.6) is 0 Å². The van der Waals surface area contributed by atoms with Crippen LogP contribution in [0.4, 0.5) is 10.5 Å². The predicted octanol–water partition coefficient (Wildman–Crippen LogP) is 4.48. The van der Waals surface area contributed by atoms with Gasteiger partial charge in [0.25, 0.3) is 0 Å². The van der Waals surface area contributed by atoms with Crippen LogP contribution >= 0.6 is 0 Å². The number of rotatable bonds is 7. The summed E-state index contributed by atoms with van der Waals surface area (Å²) in [5, 5.41) is 6.03. The molecule has 0 aliphatic rings. The maximum atomic E-state index is 12.1. The van der Waals surface area contributed by atoms with E-state index >= 15 is 0 Å². The zero-order valence-corrected chi connectivity index (χ0v) is 17.9. The Morgan fingerprint density at radius 2 is 1.84 bits per heavy atom. The van der Waals surface area contributed by atoms with Crippen LogP contribution in [-0.4, -0.2) is 18.5 Å². The van der Waals surface area contributed by atoms with E-state index < -0.39 is 17.6 Å². The van der Waals surface area contributed by atoms with E-state index in [4.69, 9.17) is 9.15 Å². The van der Waals surface area contributed by atoms with E-state index in [1.54, 1.807) is 12.1 Å². The van der Waals surface area contributed by atoms with Crippen molar-refractivity contribution in [2.45, 2.75) is 39.7 Å². The van der Waals surface area contributed by atoms with Gasteiger partial charge >= 0.3 is 17.6 Å². The van der Waals surface area contributed by atoms with Crippen molar-refractivity contribution in [3.05, 3.63) is 75.6 Å². The average molecular weight is 422 g/mol. The molecule has 0 radical (unpaired) electrons. The summed E-state index contributed by atoms with van der Waals surface area (Å²) in [4.78, 5) is 35.9. The van der Waals surface area contributed by atoms with Crippen molar-refractivity contribution in [1.29, 1.82) is 0 Å². The Kier molecular flexibility index (Phi) is 7.07. The van der Waals surface area contributed by atoms with Crippen LogP contribution in [0.1, 0.15) is 42.9 Å². The summed E-state index contributed by atoms with van der Waals surface area (Å²) in [6.45, 7) is 6.24. The fraction of sp³-hybridized carbons (Fsp3) is 0.292. The third-order valence-corrected chi connectivity index (χ3v) is 4.87. The van der Waals surface area contributed by atoms with E-state index in [1.807, 2.05) is 37.3 Å². The van der Waals surface area contributed by atoms with E-state index in [0.717, 1.165) is 16.5 Å². The first-order chi connectivity index (χ1) is 14.8. The molecule has 0 aliphatic heterocycles. The number of aryl methyl sites for hydroxylation is 1. The minimum absolute atomic E-state index is 0.0118. The Bertz CT molecular complexity index is 1140. The van der Waals surface area contributed by atoms with Crippen LogP contribution in [0.3, 0.4) is 0 Å². The van der Waals surface area contributed by atoms with Crippen molar-refractivity contribution in [2.75, 3.05) is 11.9 Å². The Labute approximate surface area is 180 Å². The first kappa shape index (κ1) is 22.1. The minimum Gasteiger partial charge on any atom is -0.461 e. The lowest BCUT2D eigenvalue weighted by molar-refractivity contribution is -0.144. The molecule has 7 heteroatoms. The summed E-state index contributed by atoms with van der Waals surface area (Å²) >= 11 is 0. The molecule has 0 bridgehead atoms. The third-order valence-electron chi connectivity index (χ3n) is 4.87. The van der Waals surface area contributed by atoms with Crippen LogP contribution in [0.15, 0.2) is 57.7 Å². The van der Waals surface area contributed by atoms with Gasteiger partial charge in [-0.2, -0.15) is 0 Å². The highest BCUT2D eigenvalue weighted by Gasteiger charge is 2.13. The maximum absolute atomic E-state index is 12.1. The van der Waals surface area contributed by atoms with Gasteiger partial charge in [0.05, 0.1) is 6.42 Å². The molecule has 162 valence electrons. The number of hydrogen-bond acceptors (Lipinski definition) is 5. The summed E-state index contributed by atoms with van der Waals surface area (Å²) in [5.41, 5.74) is 3.42. The highest BCUT2D eigenvalue weighted by atomic mass is 16.5.